The van der Waals surface area contributed by atoms with Crippen molar-refractivity contribution in [2.24, 2.45) is 0 Å². The van der Waals surface area contributed by atoms with Gasteiger partial charge in [0.1, 0.15) is 29.1 Å². The fourth-order valence-electron chi connectivity index (χ4n) is 4.00. The molecule has 1 atom stereocenters. The Labute approximate surface area is 184 Å². The Bertz CT molecular complexity index is 1250. The van der Waals surface area contributed by atoms with E-state index in [2.05, 4.69) is 20.3 Å². The molecule has 2 aromatic heterocycles. The molecule has 0 aliphatic carbocycles. The Morgan fingerprint density at radius 1 is 0.969 bits per heavy atom. The molecular formula is C25H19FN4O2. The smallest absolute Gasteiger partial charge is 0.252 e. The molecule has 1 aliphatic rings. The molecule has 7 heteroatoms. The van der Waals surface area contributed by atoms with Crippen LogP contribution in [-0.2, 0) is 5.54 Å². The van der Waals surface area contributed by atoms with E-state index in [0.717, 1.165) is 16.7 Å². The lowest BCUT2D eigenvalue weighted by molar-refractivity contribution is 0.0883. The van der Waals surface area contributed by atoms with Crippen molar-refractivity contribution in [2.75, 3.05) is 6.61 Å². The Kier molecular flexibility index (Phi) is 5.07. The van der Waals surface area contributed by atoms with E-state index in [9.17, 15) is 9.18 Å². The van der Waals surface area contributed by atoms with Crippen LogP contribution in [0.25, 0.3) is 11.1 Å². The third-order valence-electron chi connectivity index (χ3n) is 5.61. The van der Waals surface area contributed by atoms with Gasteiger partial charge < -0.3 is 10.1 Å². The number of aromatic nitrogens is 3. The molecule has 0 radical (unpaired) electrons. The highest BCUT2D eigenvalue weighted by molar-refractivity contribution is 5.95. The van der Waals surface area contributed by atoms with E-state index < -0.39 is 11.4 Å². The van der Waals surface area contributed by atoms with Gasteiger partial charge in [-0.15, -0.1) is 0 Å². The van der Waals surface area contributed by atoms with Crippen LogP contribution in [0.1, 0.15) is 28.0 Å². The van der Waals surface area contributed by atoms with Crippen molar-refractivity contribution < 1.29 is 13.9 Å². The normalized spacial score (nSPS) is 17.2. The van der Waals surface area contributed by atoms with Gasteiger partial charge in [0.2, 0.25) is 0 Å². The molecule has 5 rings (SSSR count). The van der Waals surface area contributed by atoms with Gasteiger partial charge in [-0.1, -0.05) is 24.3 Å². The summed E-state index contributed by atoms with van der Waals surface area (Å²) in [5.41, 5.74) is 2.84. The van der Waals surface area contributed by atoms with Gasteiger partial charge in [0.25, 0.3) is 5.91 Å². The van der Waals surface area contributed by atoms with Crippen LogP contribution in [0.3, 0.4) is 0 Å². The second kappa shape index (κ2) is 8.19. The standard InChI is InChI=1S/C25H19FN4O2/c26-21-9-5-18(6-10-21)24(31)30-25(11-13-32-22-2-1-12-29-23(22)25)20-7-3-17(4-8-20)19-14-27-16-28-15-19/h1-10,12,14-16H,11,13H2,(H,30,31). The van der Waals surface area contributed by atoms with Crippen molar-refractivity contribution in [1.82, 2.24) is 20.3 Å². The zero-order valence-corrected chi connectivity index (χ0v) is 17.0. The summed E-state index contributed by atoms with van der Waals surface area (Å²) in [4.78, 5) is 25.9. The van der Waals surface area contributed by atoms with Crippen LogP contribution >= 0.6 is 0 Å². The minimum Gasteiger partial charge on any atom is -0.491 e. The molecule has 0 fully saturated rings. The van der Waals surface area contributed by atoms with Crippen LogP contribution in [0.4, 0.5) is 4.39 Å². The minimum absolute atomic E-state index is 0.316. The van der Waals surface area contributed by atoms with Crippen molar-refractivity contribution in [2.45, 2.75) is 12.0 Å². The lowest BCUT2D eigenvalue weighted by Crippen LogP contribution is -2.50. The second-order valence-electron chi connectivity index (χ2n) is 7.52. The number of halogens is 1. The number of benzene rings is 2. The predicted molar refractivity (Wildman–Crippen MR) is 116 cm³/mol. The number of rotatable bonds is 4. The maximum atomic E-state index is 13.4. The summed E-state index contributed by atoms with van der Waals surface area (Å²) in [5, 5.41) is 3.17. The number of hydrogen-bond acceptors (Lipinski definition) is 5. The zero-order chi connectivity index (χ0) is 22.0. The third kappa shape index (κ3) is 3.58. The summed E-state index contributed by atoms with van der Waals surface area (Å²) >= 11 is 0. The van der Waals surface area contributed by atoms with E-state index in [0.29, 0.717) is 30.0 Å². The zero-order valence-electron chi connectivity index (χ0n) is 17.0. The van der Waals surface area contributed by atoms with Crippen molar-refractivity contribution in [3.8, 4) is 16.9 Å². The number of fused-ring (bicyclic) bond motifs is 1. The highest BCUT2D eigenvalue weighted by atomic mass is 19.1. The van der Waals surface area contributed by atoms with E-state index in [-0.39, 0.29) is 5.91 Å². The molecule has 4 aromatic rings. The van der Waals surface area contributed by atoms with Gasteiger partial charge in [-0.3, -0.25) is 9.78 Å². The number of nitrogens with zero attached hydrogens (tertiary/aromatic N) is 3. The summed E-state index contributed by atoms with van der Waals surface area (Å²) in [6, 6.07) is 17.0. The molecule has 3 heterocycles. The molecule has 1 aliphatic heterocycles. The van der Waals surface area contributed by atoms with E-state index in [4.69, 9.17) is 4.74 Å². The molecule has 32 heavy (non-hydrogen) atoms. The van der Waals surface area contributed by atoms with E-state index >= 15 is 0 Å². The Morgan fingerprint density at radius 3 is 2.47 bits per heavy atom. The summed E-state index contributed by atoms with van der Waals surface area (Å²) in [6.07, 6.45) is 7.17. The van der Waals surface area contributed by atoms with Crippen LogP contribution in [0.5, 0.6) is 5.75 Å². The molecule has 0 bridgehead atoms. The molecular weight excluding hydrogens is 407 g/mol. The van der Waals surface area contributed by atoms with Crippen molar-refractivity contribution >= 4 is 5.91 Å². The summed E-state index contributed by atoms with van der Waals surface area (Å²) in [6.45, 7) is 0.413. The molecule has 6 nitrogen and oxygen atoms in total. The van der Waals surface area contributed by atoms with Crippen molar-refractivity contribution in [1.29, 1.82) is 0 Å². The molecule has 158 valence electrons. The molecule has 0 saturated carbocycles. The molecule has 1 amide bonds. The van der Waals surface area contributed by atoms with Crippen LogP contribution in [-0.4, -0.2) is 27.5 Å². The van der Waals surface area contributed by atoms with Crippen LogP contribution in [0.15, 0.2) is 85.6 Å². The Morgan fingerprint density at radius 2 is 1.72 bits per heavy atom. The quantitative estimate of drug-likeness (QED) is 0.531. The number of amides is 1. The average molecular weight is 426 g/mol. The number of nitrogens with one attached hydrogen (secondary N) is 1. The van der Waals surface area contributed by atoms with Gasteiger partial charge in [0.05, 0.1) is 6.61 Å². The molecule has 1 N–H and O–H groups in total. The lowest BCUT2D eigenvalue weighted by atomic mass is 9.80. The summed E-state index contributed by atoms with van der Waals surface area (Å²) in [5.74, 6) is -0.0856. The third-order valence-corrected chi connectivity index (χ3v) is 5.61. The highest BCUT2D eigenvalue weighted by Crippen LogP contribution is 2.41. The summed E-state index contributed by atoms with van der Waals surface area (Å²) in [7, 11) is 0. The van der Waals surface area contributed by atoms with Crippen molar-refractivity contribution in [3.05, 3.63) is 108 Å². The molecule has 2 aromatic carbocycles. The molecule has 1 unspecified atom stereocenters. The lowest BCUT2D eigenvalue weighted by Gasteiger charge is -2.39. The van der Waals surface area contributed by atoms with E-state index in [1.165, 1.54) is 30.6 Å². The first-order valence-corrected chi connectivity index (χ1v) is 10.2. The van der Waals surface area contributed by atoms with Crippen LogP contribution in [0.2, 0.25) is 0 Å². The Balaban J connectivity index is 1.58. The fraction of sp³-hybridized carbons (Fsp3) is 0.120. The van der Waals surface area contributed by atoms with Crippen molar-refractivity contribution in [3.63, 3.8) is 0 Å². The second-order valence-corrected chi connectivity index (χ2v) is 7.52. The number of hydrogen-bond donors (Lipinski definition) is 1. The SMILES string of the molecule is O=C(NC1(c2ccc(-c3cncnc3)cc2)CCOc2cccnc21)c1ccc(F)cc1. The monoisotopic (exact) mass is 426 g/mol. The largest absolute Gasteiger partial charge is 0.491 e. The van der Waals surface area contributed by atoms with Gasteiger partial charge in [0.15, 0.2) is 0 Å². The number of carbonyl (C=O) groups excluding carboxylic acids is 1. The topological polar surface area (TPSA) is 77.0 Å². The van der Waals surface area contributed by atoms with E-state index in [1.54, 1.807) is 24.7 Å². The molecule has 0 saturated heterocycles. The fourth-order valence-corrected chi connectivity index (χ4v) is 4.00. The van der Waals surface area contributed by atoms with Gasteiger partial charge in [0, 0.05) is 36.1 Å². The number of carbonyl (C=O) groups is 1. The van der Waals surface area contributed by atoms with E-state index in [1.807, 2.05) is 30.3 Å². The summed E-state index contributed by atoms with van der Waals surface area (Å²) < 4.78 is 19.2. The van der Waals surface area contributed by atoms with Gasteiger partial charge in [-0.05, 0) is 47.5 Å². The minimum atomic E-state index is -0.897. The predicted octanol–water partition coefficient (Wildman–Crippen LogP) is 4.13. The van der Waals surface area contributed by atoms with Gasteiger partial charge in [-0.2, -0.15) is 0 Å². The molecule has 0 spiro atoms. The van der Waals surface area contributed by atoms with Crippen LogP contribution < -0.4 is 10.1 Å². The number of ether oxygens (including phenoxy) is 1. The van der Waals surface area contributed by atoms with Crippen LogP contribution in [0, 0.1) is 5.82 Å². The maximum Gasteiger partial charge on any atom is 0.252 e. The first-order chi connectivity index (χ1) is 15.7. The van der Waals surface area contributed by atoms with Gasteiger partial charge >= 0.3 is 0 Å². The maximum absolute atomic E-state index is 13.4. The Hall–Kier alpha value is -4.13. The van der Waals surface area contributed by atoms with Gasteiger partial charge in [-0.25, -0.2) is 14.4 Å². The number of pyridine rings is 1. The first kappa shape index (κ1) is 19.8. The average Bonchev–Trinajstić information content (AvgIpc) is 2.85. The first-order valence-electron chi connectivity index (χ1n) is 10.2. The highest BCUT2D eigenvalue weighted by Gasteiger charge is 2.42.